The lowest BCUT2D eigenvalue weighted by Crippen LogP contribution is -2.37. The number of ether oxygens (including phenoxy) is 3. The van der Waals surface area contributed by atoms with Gasteiger partial charge in [0, 0.05) is 19.2 Å². The summed E-state index contributed by atoms with van der Waals surface area (Å²) in [6, 6.07) is 7.18. The molecule has 1 aromatic carbocycles. The summed E-state index contributed by atoms with van der Waals surface area (Å²) in [5, 5.41) is 0.580. The molecule has 154 valence electrons. The van der Waals surface area contributed by atoms with Gasteiger partial charge in [-0.3, -0.25) is 9.69 Å². The number of carbonyl (C=O) groups excluding carboxylic acids is 1. The zero-order valence-corrected chi connectivity index (χ0v) is 17.8. The first-order valence-corrected chi connectivity index (χ1v) is 9.65. The maximum atomic E-state index is 13.3. The summed E-state index contributed by atoms with van der Waals surface area (Å²) in [6.07, 6.45) is 0. The van der Waals surface area contributed by atoms with Crippen LogP contribution in [0, 0.1) is 0 Å². The summed E-state index contributed by atoms with van der Waals surface area (Å²) in [6.45, 7) is 1.10. The monoisotopic (exact) mass is 417 g/mol. The third-order valence-corrected chi connectivity index (χ3v) is 5.17. The standard InChI is InChI=1S/C19H23N5O4S/c1-23(2)8-9-24(17(25)14-11-16(27-4)22-18(20-14)28-5)19-21-13-7-6-12(26-3)10-15(13)29-19/h6-7,10-11H,8-9H2,1-5H3. The molecule has 2 aromatic heterocycles. The quantitative estimate of drug-likeness (QED) is 0.552. The number of benzene rings is 1. The zero-order chi connectivity index (χ0) is 21.0. The van der Waals surface area contributed by atoms with Crippen LogP contribution in [0.2, 0.25) is 0 Å². The first-order chi connectivity index (χ1) is 13.9. The second kappa shape index (κ2) is 9.01. The highest BCUT2D eigenvalue weighted by Crippen LogP contribution is 2.32. The van der Waals surface area contributed by atoms with E-state index in [4.69, 9.17) is 14.2 Å². The largest absolute Gasteiger partial charge is 0.497 e. The third kappa shape index (κ3) is 4.72. The molecule has 9 nitrogen and oxygen atoms in total. The second-order valence-electron chi connectivity index (χ2n) is 6.37. The number of likely N-dealkylation sites (N-methyl/N-ethyl adjacent to an activating group) is 1. The smallest absolute Gasteiger partial charge is 0.320 e. The van der Waals surface area contributed by atoms with Crippen LogP contribution < -0.4 is 19.1 Å². The molecule has 0 aliphatic heterocycles. The van der Waals surface area contributed by atoms with Crippen molar-refractivity contribution in [1.82, 2.24) is 19.9 Å². The Morgan fingerprint density at radius 3 is 2.45 bits per heavy atom. The van der Waals surface area contributed by atoms with Gasteiger partial charge in [-0.25, -0.2) is 4.98 Å². The van der Waals surface area contributed by atoms with Gasteiger partial charge in [-0.05, 0) is 32.3 Å². The number of aromatic nitrogens is 3. The summed E-state index contributed by atoms with van der Waals surface area (Å²) in [4.78, 5) is 29.8. The van der Waals surface area contributed by atoms with Crippen LogP contribution >= 0.6 is 11.3 Å². The van der Waals surface area contributed by atoms with Gasteiger partial charge >= 0.3 is 6.01 Å². The van der Waals surface area contributed by atoms with E-state index in [0.717, 1.165) is 16.0 Å². The van der Waals surface area contributed by atoms with E-state index in [-0.39, 0.29) is 23.5 Å². The van der Waals surface area contributed by atoms with Crippen LogP contribution in [0.15, 0.2) is 24.3 Å². The van der Waals surface area contributed by atoms with Crippen molar-refractivity contribution in [1.29, 1.82) is 0 Å². The summed E-state index contributed by atoms with van der Waals surface area (Å²) in [7, 11) is 8.42. The van der Waals surface area contributed by atoms with Gasteiger partial charge in [0.1, 0.15) is 11.4 Å². The van der Waals surface area contributed by atoms with E-state index < -0.39 is 0 Å². The molecule has 0 N–H and O–H groups in total. The van der Waals surface area contributed by atoms with Gasteiger partial charge in [-0.2, -0.15) is 9.97 Å². The molecule has 0 atom stereocenters. The van der Waals surface area contributed by atoms with Crippen LogP contribution in [0.3, 0.4) is 0 Å². The fraction of sp³-hybridized carbons (Fsp3) is 0.368. The van der Waals surface area contributed by atoms with E-state index in [1.54, 1.807) is 12.0 Å². The lowest BCUT2D eigenvalue weighted by molar-refractivity contribution is 0.0978. The highest BCUT2D eigenvalue weighted by atomic mass is 32.1. The molecule has 2 heterocycles. The number of thiazole rings is 1. The number of carbonyl (C=O) groups is 1. The Balaban J connectivity index is 2.02. The Hall–Kier alpha value is -2.98. The molecule has 0 saturated heterocycles. The SMILES string of the molecule is COc1ccc2nc(N(CCN(C)C)C(=O)c3cc(OC)nc(OC)n3)sc2c1. The lowest BCUT2D eigenvalue weighted by atomic mass is 10.3. The van der Waals surface area contributed by atoms with E-state index in [0.29, 0.717) is 18.2 Å². The van der Waals surface area contributed by atoms with Crippen molar-refractivity contribution in [3.05, 3.63) is 30.0 Å². The molecule has 0 saturated carbocycles. The topological polar surface area (TPSA) is 89.9 Å². The highest BCUT2D eigenvalue weighted by Gasteiger charge is 2.24. The number of rotatable bonds is 8. The summed E-state index contributed by atoms with van der Waals surface area (Å²) in [5.74, 6) is 0.683. The van der Waals surface area contributed by atoms with Gasteiger partial charge in [0.15, 0.2) is 5.13 Å². The van der Waals surface area contributed by atoms with Gasteiger partial charge < -0.3 is 19.1 Å². The number of nitrogens with zero attached hydrogens (tertiary/aromatic N) is 5. The van der Waals surface area contributed by atoms with Crippen molar-refractivity contribution >= 4 is 32.6 Å². The van der Waals surface area contributed by atoms with Crippen LogP contribution in [0.5, 0.6) is 17.6 Å². The molecule has 0 unspecified atom stereocenters. The molecular weight excluding hydrogens is 394 g/mol. The minimum absolute atomic E-state index is 0.0642. The van der Waals surface area contributed by atoms with Gasteiger partial charge in [-0.15, -0.1) is 0 Å². The van der Waals surface area contributed by atoms with Crippen molar-refractivity contribution in [2.24, 2.45) is 0 Å². The molecule has 0 aliphatic carbocycles. The van der Waals surface area contributed by atoms with E-state index in [1.807, 2.05) is 37.2 Å². The van der Waals surface area contributed by atoms with Crippen LogP contribution in [-0.4, -0.2) is 74.3 Å². The van der Waals surface area contributed by atoms with Crippen molar-refractivity contribution in [3.8, 4) is 17.6 Å². The fourth-order valence-electron chi connectivity index (χ4n) is 2.57. The Kier molecular flexibility index (Phi) is 6.45. The van der Waals surface area contributed by atoms with Crippen molar-refractivity contribution in [2.75, 3.05) is 53.4 Å². The number of fused-ring (bicyclic) bond motifs is 1. The van der Waals surface area contributed by atoms with Gasteiger partial charge in [-0.1, -0.05) is 11.3 Å². The van der Waals surface area contributed by atoms with E-state index in [2.05, 4.69) is 15.0 Å². The molecule has 0 fully saturated rings. The van der Waals surface area contributed by atoms with Crippen molar-refractivity contribution in [3.63, 3.8) is 0 Å². The summed E-state index contributed by atoms with van der Waals surface area (Å²) < 4.78 is 16.5. The zero-order valence-electron chi connectivity index (χ0n) is 17.0. The number of methoxy groups -OCH3 is 3. The molecule has 0 spiro atoms. The normalized spacial score (nSPS) is 11.0. The summed E-state index contributed by atoms with van der Waals surface area (Å²) in [5.41, 5.74) is 0.968. The maximum Gasteiger partial charge on any atom is 0.320 e. The van der Waals surface area contributed by atoms with E-state index in [1.165, 1.54) is 31.6 Å². The Morgan fingerprint density at radius 2 is 1.79 bits per heavy atom. The molecule has 1 amide bonds. The number of anilines is 1. The Morgan fingerprint density at radius 1 is 1.00 bits per heavy atom. The molecule has 10 heteroatoms. The predicted octanol–water partition coefficient (Wildman–Crippen LogP) is 2.32. The van der Waals surface area contributed by atoms with Gasteiger partial charge in [0.2, 0.25) is 5.88 Å². The molecular formula is C19H23N5O4S. The fourth-order valence-corrected chi connectivity index (χ4v) is 3.59. The van der Waals surface area contributed by atoms with Gasteiger partial charge in [0.25, 0.3) is 5.91 Å². The summed E-state index contributed by atoms with van der Waals surface area (Å²) >= 11 is 1.42. The first kappa shape index (κ1) is 20.7. The number of hydrogen-bond acceptors (Lipinski definition) is 9. The molecule has 3 aromatic rings. The molecule has 3 rings (SSSR count). The van der Waals surface area contributed by atoms with Crippen molar-refractivity contribution in [2.45, 2.75) is 0 Å². The Bertz CT molecular complexity index is 985. The number of amides is 1. The Labute approximate surface area is 172 Å². The maximum absolute atomic E-state index is 13.3. The van der Waals surface area contributed by atoms with E-state index >= 15 is 0 Å². The van der Waals surface area contributed by atoms with Crippen LogP contribution in [-0.2, 0) is 0 Å². The minimum atomic E-state index is -0.308. The van der Waals surface area contributed by atoms with Crippen molar-refractivity contribution < 1.29 is 19.0 Å². The number of hydrogen-bond donors (Lipinski definition) is 0. The van der Waals surface area contributed by atoms with Crippen LogP contribution in [0.4, 0.5) is 5.13 Å². The molecule has 0 radical (unpaired) electrons. The van der Waals surface area contributed by atoms with E-state index in [9.17, 15) is 4.79 Å². The molecule has 0 aliphatic rings. The second-order valence-corrected chi connectivity index (χ2v) is 7.38. The first-order valence-electron chi connectivity index (χ1n) is 8.83. The molecule has 29 heavy (non-hydrogen) atoms. The highest BCUT2D eigenvalue weighted by molar-refractivity contribution is 7.22. The minimum Gasteiger partial charge on any atom is -0.497 e. The molecule has 0 bridgehead atoms. The predicted molar refractivity (Wildman–Crippen MR) is 112 cm³/mol. The average molecular weight is 417 g/mol. The van der Waals surface area contributed by atoms with Crippen LogP contribution in [0.1, 0.15) is 10.5 Å². The van der Waals surface area contributed by atoms with Crippen LogP contribution in [0.25, 0.3) is 10.2 Å². The third-order valence-electron chi connectivity index (χ3n) is 4.12. The van der Waals surface area contributed by atoms with Gasteiger partial charge in [0.05, 0.1) is 31.5 Å². The average Bonchev–Trinajstić information content (AvgIpc) is 3.15. The lowest BCUT2D eigenvalue weighted by Gasteiger charge is -2.21.